The molecule has 0 aromatic heterocycles. The summed E-state index contributed by atoms with van der Waals surface area (Å²) in [5.41, 5.74) is 0.736. The molecule has 2 atom stereocenters. The predicted octanol–water partition coefficient (Wildman–Crippen LogP) is 3.33. The molecule has 2 heterocycles. The summed E-state index contributed by atoms with van der Waals surface area (Å²) in [4.78, 5) is 0. The van der Waals surface area contributed by atoms with E-state index in [1.807, 2.05) is 0 Å². The summed E-state index contributed by atoms with van der Waals surface area (Å²) in [6.45, 7) is -1.18. The Morgan fingerprint density at radius 1 is 1.17 bits per heavy atom. The molecular weight excluding hydrogens is 309 g/mol. The van der Waals surface area contributed by atoms with Gasteiger partial charge in [-0.25, -0.2) is 4.39 Å². The first-order valence-electron chi connectivity index (χ1n) is 9.85. The zero-order valence-electron chi connectivity index (χ0n) is 16.9. The van der Waals surface area contributed by atoms with E-state index in [0.29, 0.717) is 18.0 Å². The molecule has 2 aliphatic rings. The van der Waals surface area contributed by atoms with Gasteiger partial charge in [0.1, 0.15) is 14.3 Å². The summed E-state index contributed by atoms with van der Waals surface area (Å²) in [6, 6.07) is 10.7. The molecule has 0 bridgehead atoms. The summed E-state index contributed by atoms with van der Waals surface area (Å²) in [5.74, 6) is 0.0609. The fraction of sp³-hybridized carbons (Fsp3) is 0.368. The number of piperidine rings is 1. The lowest BCUT2D eigenvalue weighted by Crippen LogP contribution is -2.38. The van der Waals surface area contributed by atoms with Crippen molar-refractivity contribution >= 4 is 0 Å². The van der Waals surface area contributed by atoms with Crippen LogP contribution in [0.5, 0.6) is 17.2 Å². The number of rotatable bonds is 4. The highest BCUT2D eigenvalue weighted by atomic mass is 19.1. The fourth-order valence-electron chi connectivity index (χ4n) is 3.00. The summed E-state index contributed by atoms with van der Waals surface area (Å²) < 4.78 is 61.1. The third-order valence-corrected chi connectivity index (χ3v) is 4.24. The topological polar surface area (TPSA) is 39.7 Å². The van der Waals surface area contributed by atoms with Crippen LogP contribution in [0.25, 0.3) is 0 Å². The van der Waals surface area contributed by atoms with Crippen LogP contribution in [0.3, 0.4) is 0 Å². The number of benzene rings is 2. The first-order valence-corrected chi connectivity index (χ1v) is 7.85. The maximum atomic E-state index is 13.3. The first kappa shape index (κ1) is 11.3. The van der Waals surface area contributed by atoms with Crippen LogP contribution in [0.15, 0.2) is 42.5 Å². The number of nitrogens with one attached hydrogen (secondary N) is 1. The van der Waals surface area contributed by atoms with Crippen LogP contribution < -0.4 is 19.5 Å². The molecule has 2 aromatic carbocycles. The maximum Gasteiger partial charge on any atom is 0.231 e. The smallest absolute Gasteiger partial charge is 0.231 e. The van der Waals surface area contributed by atoms with E-state index < -0.39 is 19.0 Å². The normalized spacial score (nSPS) is 29.0. The van der Waals surface area contributed by atoms with Gasteiger partial charge in [-0.15, -0.1) is 0 Å². The van der Waals surface area contributed by atoms with Gasteiger partial charge in [0.15, 0.2) is 11.5 Å². The molecule has 0 amide bonds. The largest absolute Gasteiger partial charge is 0.493 e. The van der Waals surface area contributed by atoms with E-state index in [4.69, 9.17) is 19.7 Å². The van der Waals surface area contributed by atoms with Gasteiger partial charge in [0.05, 0.1) is 6.61 Å². The number of hydrogen-bond donors (Lipinski definition) is 1. The Kier molecular flexibility index (Phi) is 3.15. The Labute approximate surface area is 146 Å². The van der Waals surface area contributed by atoms with Crippen LogP contribution >= 0.6 is 0 Å². The van der Waals surface area contributed by atoms with Gasteiger partial charge in [-0.2, -0.15) is 0 Å². The molecule has 2 aliphatic heterocycles. The van der Waals surface area contributed by atoms with E-state index in [2.05, 4.69) is 5.32 Å². The Hall–Kier alpha value is -2.27. The highest BCUT2D eigenvalue weighted by Crippen LogP contribution is 2.36. The molecule has 24 heavy (non-hydrogen) atoms. The average Bonchev–Trinajstić information content (AvgIpc) is 2.93. The van der Waals surface area contributed by atoms with E-state index in [1.165, 1.54) is 12.1 Å². The van der Waals surface area contributed by atoms with E-state index in [-0.39, 0.29) is 30.6 Å². The highest BCUT2D eigenvalue weighted by Gasteiger charge is 2.27. The minimum atomic E-state index is -2.20. The minimum absolute atomic E-state index is 0.175. The van der Waals surface area contributed by atoms with E-state index in [0.717, 1.165) is 5.56 Å². The molecule has 1 N–H and O–H groups in total. The van der Waals surface area contributed by atoms with Gasteiger partial charge in [-0.3, -0.25) is 0 Å². The van der Waals surface area contributed by atoms with E-state index >= 15 is 0 Å². The SMILES string of the molecule is [2H]C1([2H])Oc2ccc(OC[C@@H]3CNCC([2H])([2H])C3c3ccc(F)cc3)cc2O1. The van der Waals surface area contributed by atoms with Gasteiger partial charge < -0.3 is 19.5 Å². The molecule has 0 saturated carbocycles. The molecule has 5 heteroatoms. The third-order valence-electron chi connectivity index (χ3n) is 4.24. The zero-order valence-corrected chi connectivity index (χ0v) is 12.9. The van der Waals surface area contributed by atoms with Crippen molar-refractivity contribution in [2.45, 2.75) is 12.3 Å². The van der Waals surface area contributed by atoms with Crippen LogP contribution in [0.2, 0.25) is 0 Å². The number of ether oxygens (including phenoxy) is 3. The van der Waals surface area contributed by atoms with Crippen molar-refractivity contribution in [3.8, 4) is 17.2 Å². The van der Waals surface area contributed by atoms with Crippen LogP contribution in [0.1, 0.15) is 23.3 Å². The van der Waals surface area contributed by atoms with Crippen molar-refractivity contribution in [2.75, 3.05) is 26.4 Å². The number of hydrogen-bond acceptors (Lipinski definition) is 4. The van der Waals surface area contributed by atoms with Crippen molar-refractivity contribution in [1.29, 1.82) is 0 Å². The van der Waals surface area contributed by atoms with Gasteiger partial charge in [-0.1, -0.05) is 12.1 Å². The lowest BCUT2D eigenvalue weighted by atomic mass is 9.81. The Morgan fingerprint density at radius 2 is 2.00 bits per heavy atom. The molecule has 0 spiro atoms. The van der Waals surface area contributed by atoms with Crippen molar-refractivity contribution < 1.29 is 24.1 Å². The second kappa shape index (κ2) is 6.69. The molecule has 4 nitrogen and oxygen atoms in total. The zero-order chi connectivity index (χ0) is 19.9. The van der Waals surface area contributed by atoms with Crippen molar-refractivity contribution in [2.24, 2.45) is 5.92 Å². The van der Waals surface area contributed by atoms with Crippen molar-refractivity contribution in [3.05, 3.63) is 53.8 Å². The standard InChI is InChI=1S/C19H20FNO3/c20-15-3-1-13(2-4-15)17-7-8-21-10-14(17)11-22-16-5-6-18-19(9-16)24-12-23-18/h1-6,9,14,17,21H,7-8,10-12H2/t14-,17?/m0/s1/i7D2,12D2. The van der Waals surface area contributed by atoms with Crippen molar-refractivity contribution in [1.82, 2.24) is 5.32 Å². The summed E-state index contributed by atoms with van der Waals surface area (Å²) in [5, 5.41) is 3.10. The lowest BCUT2D eigenvalue weighted by Gasteiger charge is -2.32. The molecule has 4 rings (SSSR count). The van der Waals surface area contributed by atoms with Crippen LogP contribution in [0, 0.1) is 11.7 Å². The molecule has 0 aliphatic carbocycles. The fourth-order valence-corrected chi connectivity index (χ4v) is 3.00. The van der Waals surface area contributed by atoms with Crippen LogP contribution in [-0.2, 0) is 0 Å². The van der Waals surface area contributed by atoms with E-state index in [1.54, 1.807) is 30.3 Å². The number of halogens is 1. The van der Waals surface area contributed by atoms with Gasteiger partial charge >= 0.3 is 0 Å². The summed E-state index contributed by atoms with van der Waals surface area (Å²) >= 11 is 0. The molecular formula is C19H20FNO3. The molecule has 1 unspecified atom stereocenters. The third kappa shape index (κ3) is 3.17. The average molecular weight is 333 g/mol. The van der Waals surface area contributed by atoms with Crippen LogP contribution in [0.4, 0.5) is 4.39 Å². The quantitative estimate of drug-likeness (QED) is 0.932. The van der Waals surface area contributed by atoms with E-state index in [9.17, 15) is 4.39 Å². The Morgan fingerprint density at radius 3 is 2.88 bits per heavy atom. The summed E-state index contributed by atoms with van der Waals surface area (Å²) in [7, 11) is 0. The predicted molar refractivity (Wildman–Crippen MR) is 88.2 cm³/mol. The van der Waals surface area contributed by atoms with Gasteiger partial charge in [-0.05, 0) is 48.7 Å². The number of fused-ring (bicyclic) bond motifs is 1. The molecule has 2 aromatic rings. The molecule has 126 valence electrons. The van der Waals surface area contributed by atoms with Gasteiger partial charge in [0.2, 0.25) is 6.75 Å². The maximum absolute atomic E-state index is 13.3. The lowest BCUT2D eigenvalue weighted by molar-refractivity contribution is 0.173. The summed E-state index contributed by atoms with van der Waals surface area (Å²) in [6.07, 6.45) is -1.50. The van der Waals surface area contributed by atoms with Gasteiger partial charge in [0, 0.05) is 21.3 Å². The monoisotopic (exact) mass is 333 g/mol. The second-order valence-corrected chi connectivity index (χ2v) is 5.83. The molecule has 1 fully saturated rings. The first-order chi connectivity index (χ1) is 13.2. The molecule has 0 radical (unpaired) electrons. The van der Waals surface area contributed by atoms with Gasteiger partial charge in [0.25, 0.3) is 0 Å². The Bertz CT molecular complexity index is 863. The Balaban J connectivity index is 1.51. The second-order valence-electron chi connectivity index (χ2n) is 5.83. The molecule has 1 saturated heterocycles. The minimum Gasteiger partial charge on any atom is -0.493 e. The van der Waals surface area contributed by atoms with Crippen LogP contribution in [-0.4, -0.2) is 26.4 Å². The van der Waals surface area contributed by atoms with Crippen molar-refractivity contribution in [3.63, 3.8) is 0 Å². The highest BCUT2D eigenvalue weighted by molar-refractivity contribution is 5.46.